The van der Waals surface area contributed by atoms with E-state index in [0.717, 1.165) is 99.4 Å². The van der Waals surface area contributed by atoms with Crippen LogP contribution < -0.4 is 16.2 Å². The summed E-state index contributed by atoms with van der Waals surface area (Å²) in [5.74, 6) is -1.23. The quantitative estimate of drug-likeness (QED) is 0.0215. The first kappa shape index (κ1) is 88.1. The smallest absolute Gasteiger partial charge is 0.407 e. The van der Waals surface area contributed by atoms with E-state index in [2.05, 4.69) is 241 Å². The molecule has 0 radical (unpaired) electrons. The van der Waals surface area contributed by atoms with Crippen LogP contribution in [0.5, 0.6) is 0 Å². The number of nitrogens with zero attached hydrogens (tertiary/aromatic N) is 8. The Labute approximate surface area is 681 Å². The predicted octanol–water partition coefficient (Wildman–Crippen LogP) is 20.0. The summed E-state index contributed by atoms with van der Waals surface area (Å²) in [4.78, 5) is 66.3. The number of aromatic nitrogens is 9. The number of carbonyl (C=O) groups is 4. The molecule has 562 valence electrons. The summed E-state index contributed by atoms with van der Waals surface area (Å²) in [6.45, 7) is 22.9. The van der Waals surface area contributed by atoms with E-state index >= 15 is 0 Å². The largest absolute Gasteiger partial charge is 0.458 e. The third-order valence-electron chi connectivity index (χ3n) is 15.1. The number of nitrogens with one attached hydrogen (secondary N) is 3. The lowest BCUT2D eigenvalue weighted by Crippen LogP contribution is -2.46. The van der Waals surface area contributed by atoms with Crippen molar-refractivity contribution in [3.8, 4) is 33.5 Å². The van der Waals surface area contributed by atoms with E-state index in [4.69, 9.17) is 18.9 Å². The molecule has 29 heteroatoms. The Kier molecular flexibility index (Phi) is 35.7. The molecule has 107 heavy (non-hydrogen) atoms. The number of halogens is 7. The third-order valence-corrected chi connectivity index (χ3v) is 17.0. The van der Waals surface area contributed by atoms with E-state index in [-0.39, 0.29) is 43.5 Å². The van der Waals surface area contributed by atoms with Gasteiger partial charge < -0.3 is 29.6 Å². The number of aromatic amines is 1. The van der Waals surface area contributed by atoms with Crippen molar-refractivity contribution >= 4 is 138 Å². The maximum Gasteiger partial charge on any atom is 0.407 e. The number of benzene rings is 5. The van der Waals surface area contributed by atoms with Crippen molar-refractivity contribution in [2.45, 2.75) is 122 Å². The molecule has 10 aromatic rings. The van der Waals surface area contributed by atoms with Crippen LogP contribution in [-0.2, 0) is 57.7 Å². The number of esters is 2. The fourth-order valence-corrected chi connectivity index (χ4v) is 11.5. The summed E-state index contributed by atoms with van der Waals surface area (Å²) in [6.07, 6.45) is 1.53. The first-order valence-corrected chi connectivity index (χ1v) is 44.5. The average molecular weight is 1920 g/mol. The number of pyridine rings is 1. The summed E-state index contributed by atoms with van der Waals surface area (Å²) in [6, 6.07) is 56.7. The van der Waals surface area contributed by atoms with Gasteiger partial charge in [0.15, 0.2) is 0 Å². The molecule has 0 saturated heterocycles. The van der Waals surface area contributed by atoms with Crippen LogP contribution in [0.3, 0.4) is 0 Å². The average Bonchev–Trinajstić information content (AvgIpc) is 1.62. The van der Waals surface area contributed by atoms with Crippen molar-refractivity contribution in [1.29, 1.82) is 0 Å². The van der Waals surface area contributed by atoms with Gasteiger partial charge in [0.05, 0.1) is 28.5 Å². The van der Waals surface area contributed by atoms with Crippen LogP contribution in [0.4, 0.5) is 9.59 Å². The second-order valence-corrected chi connectivity index (χ2v) is 46.7. The van der Waals surface area contributed by atoms with Gasteiger partial charge in [0, 0.05) is 94.3 Å². The normalized spacial score (nSPS) is 12.1. The highest BCUT2D eigenvalue weighted by Crippen LogP contribution is 2.68. The zero-order chi connectivity index (χ0) is 78.4. The number of alkyl carbamates (subject to hydrolysis) is 2. The Morgan fingerprint density at radius 1 is 0.514 bits per heavy atom. The van der Waals surface area contributed by atoms with Crippen LogP contribution in [-0.4, -0.2) is 106 Å². The molecule has 0 saturated carbocycles. The molecule has 2 aliphatic rings. The summed E-state index contributed by atoms with van der Waals surface area (Å²) in [5, 5.41) is 36.1. The van der Waals surface area contributed by atoms with Gasteiger partial charge in [-0.15, -0.1) is 23.4 Å². The molecule has 0 aliphatic heterocycles. The summed E-state index contributed by atoms with van der Waals surface area (Å²) >= 11 is 21.2. The number of rotatable bonds is 15. The van der Waals surface area contributed by atoms with Crippen LogP contribution >= 0.6 is 113 Å². The summed E-state index contributed by atoms with van der Waals surface area (Å²) < 4.78 is 32.5. The lowest BCUT2D eigenvalue weighted by molar-refractivity contribution is -0.158. The number of hydrogen-bond acceptors (Lipinski definition) is 18. The first-order valence-electron chi connectivity index (χ1n) is 33.3. The van der Waals surface area contributed by atoms with Gasteiger partial charge in [-0.05, 0) is 214 Å². The third kappa shape index (κ3) is 30.3. The van der Waals surface area contributed by atoms with E-state index in [9.17, 15) is 28.5 Å². The highest BCUT2D eigenvalue weighted by molar-refractivity contribution is 9.94. The van der Waals surface area contributed by atoms with Crippen LogP contribution in [0, 0.1) is 13.8 Å². The number of aryl methyl sites for hydroxylation is 3. The molecule has 0 spiro atoms. The lowest BCUT2D eigenvalue weighted by atomic mass is 9.98. The Bertz CT molecular complexity index is 4510. The monoisotopic (exact) mass is 1920 g/mol. The molecule has 12 rings (SSSR count). The van der Waals surface area contributed by atoms with Crippen molar-refractivity contribution in [2.24, 2.45) is 0 Å². The zero-order valence-corrected chi connectivity index (χ0v) is 72.1. The van der Waals surface area contributed by atoms with Crippen molar-refractivity contribution in [3.63, 3.8) is 0 Å². The SMILES string of the molecule is BrCc1ccc(Br)nn1.C=C.CC(C)(C)OC(=O)[C@H](Cc1ccc(Br)nc1)NC(=O)OCC1c2ccccc2-c2ccccc21.CCc1ccccc1-c1ccc(C[C@H](NC(=O)OCC2c3ccccc3-c3ccccc32)C(=O)OC(C)(C)C)nn1.Cc1ccc(=O)[nH]n1.Cc1ccc(Br)nn1.O=P(Br)(Br)Br. The number of amides is 2. The fraction of sp³-hybridized carbons (Fsp3) is 0.269. The zero-order valence-electron chi connectivity index (χ0n) is 60.1. The van der Waals surface area contributed by atoms with Crippen LogP contribution in [0.15, 0.2) is 220 Å². The second kappa shape index (κ2) is 43.4. The molecule has 21 nitrogen and oxygen atoms in total. The van der Waals surface area contributed by atoms with E-state index in [1.807, 2.05) is 123 Å². The molecular weight excluding hydrogens is 1840 g/mol. The van der Waals surface area contributed by atoms with E-state index in [1.165, 1.54) is 11.6 Å². The maximum atomic E-state index is 13.1. The van der Waals surface area contributed by atoms with Crippen molar-refractivity contribution < 1.29 is 42.7 Å². The minimum atomic E-state index is -2.20. The molecule has 5 heterocycles. The van der Waals surface area contributed by atoms with Crippen molar-refractivity contribution in [1.82, 2.24) is 56.4 Å². The van der Waals surface area contributed by atoms with Gasteiger partial charge in [0.2, 0.25) is 0 Å². The first-order chi connectivity index (χ1) is 50.8. The highest BCUT2D eigenvalue weighted by Gasteiger charge is 2.34. The van der Waals surface area contributed by atoms with Crippen LogP contribution in [0.1, 0.15) is 116 Å². The van der Waals surface area contributed by atoms with Gasteiger partial charge in [0.25, 0.3) is 8.81 Å². The number of hydrogen-bond donors (Lipinski definition) is 3. The van der Waals surface area contributed by atoms with Crippen LogP contribution in [0.25, 0.3) is 33.5 Å². The molecule has 3 N–H and O–H groups in total. The number of ether oxygens (including phenoxy) is 4. The van der Waals surface area contributed by atoms with Gasteiger partial charge in [-0.25, -0.2) is 29.3 Å². The predicted molar refractivity (Wildman–Crippen MR) is 444 cm³/mol. The van der Waals surface area contributed by atoms with Crippen molar-refractivity contribution in [2.75, 3.05) is 13.2 Å². The molecule has 0 bridgehead atoms. The van der Waals surface area contributed by atoms with Gasteiger partial charge in [0.1, 0.15) is 50.3 Å². The number of H-pyrrole nitrogens is 1. The van der Waals surface area contributed by atoms with Gasteiger partial charge in [-0.1, -0.05) is 150 Å². The standard InChI is InChI=1S/C34H35N3O4.C27H27BrN2O4.C5H4Br2N2.C5H5BrN2.C5H6N2O.C2H4.Br3OP/c1-5-22-12-6-7-13-24(22)30-19-18-23(36-37-30)20-31(32(38)41-34(2,3)4)35-33(39)40-21-29-27-16-10-8-14-25(27)26-15-9-11-17-28(26)29;1-27(2,3)34-25(31)23(14-17-12-13-24(28)29-15-17)30-26(32)33-16-22-20-10-6-4-8-18(20)19-9-5-7-11-21(19)22;6-3-4-1-2-5(7)9-8-4;1-4-2-3-5(6)8-7-4;1-4-2-3-5(8)7-6-4;1-2;1-5(2,3)4/h6-19,29,31H,5,20-21H2,1-4H3,(H,35,39);4-13,15,22-23H,14,16H2,1-3H3,(H,30,32);1-2H,3H2;2-3H,1H3;2-3H,1H3,(H,7,8);1-2H2;/t31-;23-;;;;;/m00...../s1. The fourth-order valence-electron chi connectivity index (χ4n) is 10.6. The Balaban J connectivity index is 0.000000239. The molecule has 0 fully saturated rings. The maximum absolute atomic E-state index is 13.1. The Morgan fingerprint density at radius 3 is 1.29 bits per heavy atom. The lowest BCUT2D eigenvalue weighted by Gasteiger charge is -2.24. The topological polar surface area (TPSA) is 282 Å². The summed E-state index contributed by atoms with van der Waals surface area (Å²) in [7, 11) is 0. The molecule has 2 amide bonds. The Morgan fingerprint density at radius 2 is 0.925 bits per heavy atom. The molecule has 5 aromatic heterocycles. The molecule has 2 aliphatic carbocycles. The second-order valence-electron chi connectivity index (χ2n) is 25.4. The number of alkyl halides is 1. The van der Waals surface area contributed by atoms with E-state index in [0.29, 0.717) is 10.3 Å². The summed E-state index contributed by atoms with van der Waals surface area (Å²) in [5.41, 5.74) is 14.5. The molecular formula is C78H81Br7N11O10P. The number of carbonyl (C=O) groups excluding carboxylic acids is 4. The molecule has 5 aromatic carbocycles. The molecule has 0 unspecified atom stereocenters. The van der Waals surface area contributed by atoms with Gasteiger partial charge in [-0.2, -0.15) is 25.5 Å². The Hall–Kier alpha value is -7.82. The van der Waals surface area contributed by atoms with Crippen molar-refractivity contribution in [3.05, 3.63) is 282 Å². The van der Waals surface area contributed by atoms with Gasteiger partial charge >= 0.3 is 24.1 Å². The minimum Gasteiger partial charge on any atom is -0.458 e. The van der Waals surface area contributed by atoms with Gasteiger partial charge in [-0.3, -0.25) is 9.36 Å². The molecule has 2 atom stereocenters. The van der Waals surface area contributed by atoms with E-state index < -0.39 is 50.7 Å². The minimum absolute atomic E-state index is 0.0613. The number of fused-ring (bicyclic) bond motifs is 6. The van der Waals surface area contributed by atoms with Crippen LogP contribution in [0.2, 0.25) is 0 Å². The highest BCUT2D eigenvalue weighted by atomic mass is 80.0. The van der Waals surface area contributed by atoms with E-state index in [1.54, 1.807) is 59.9 Å².